The molecule has 0 atom stereocenters. The van der Waals surface area contributed by atoms with Crippen LogP contribution >= 0.6 is 162 Å². The summed E-state index contributed by atoms with van der Waals surface area (Å²) in [7, 11) is 17.6. The topological polar surface area (TPSA) is 262 Å². The fourth-order valence-electron chi connectivity index (χ4n) is 14.0. The number of ketones is 1. The quantitative estimate of drug-likeness (QED) is 0.00653. The second kappa shape index (κ2) is 60.7. The Morgan fingerprint density at radius 3 is 1.09 bits per heavy atom. The van der Waals surface area contributed by atoms with Crippen molar-refractivity contribution >= 4 is 248 Å². The Morgan fingerprint density at radius 2 is 0.748 bits per heavy atom. The number of amides is 3. The summed E-state index contributed by atoms with van der Waals surface area (Å²) >= 11 is 56.8. The third kappa shape index (κ3) is 39.2. The molecule has 19 nitrogen and oxygen atoms in total. The zero-order valence-electron chi connectivity index (χ0n) is 74.2. The Labute approximate surface area is 875 Å². The zero-order valence-corrected chi connectivity index (χ0v) is 86.8. The summed E-state index contributed by atoms with van der Waals surface area (Å²) in [6.07, 6.45) is 9.29. The number of hydrogen-bond acceptors (Lipinski definition) is 16. The summed E-state index contributed by atoms with van der Waals surface area (Å²) in [5.41, 5.74) is 25.1. The lowest BCUT2D eigenvalue weighted by Gasteiger charge is -2.31. The fraction of sp³-hybridized carbons (Fsp3) is 0.255. The molecule has 5 aliphatic heterocycles. The van der Waals surface area contributed by atoms with Gasteiger partial charge in [0.15, 0.2) is 0 Å². The maximum absolute atomic E-state index is 13.6. The maximum atomic E-state index is 13.6. The first-order valence-corrected chi connectivity index (χ1v) is 52.8. The number of benzene rings is 11. The third-order valence-electron chi connectivity index (χ3n) is 20.8. The van der Waals surface area contributed by atoms with Gasteiger partial charge in [0.2, 0.25) is 11.1 Å². The predicted molar refractivity (Wildman–Crippen MR) is 549 cm³/mol. The van der Waals surface area contributed by atoms with Crippen LogP contribution in [-0.4, -0.2) is 115 Å². The van der Waals surface area contributed by atoms with E-state index in [0.717, 1.165) is 156 Å². The van der Waals surface area contributed by atoms with Crippen LogP contribution in [0.4, 0.5) is 64.9 Å². The van der Waals surface area contributed by atoms with Crippen LogP contribution in [-0.2, 0) is 87.3 Å². The lowest BCUT2D eigenvalue weighted by atomic mass is 10.0. The molecule has 5 heterocycles. The molecule has 0 radical (unpaired) electrons. The van der Waals surface area contributed by atoms with Crippen molar-refractivity contribution in [3.05, 3.63) is 348 Å². The molecule has 0 aromatic heterocycles. The van der Waals surface area contributed by atoms with E-state index in [1.807, 2.05) is 48.5 Å². The average Bonchev–Trinajstić information content (AvgIpc) is 0.808. The summed E-state index contributed by atoms with van der Waals surface area (Å²) in [5, 5.41) is 24.3. The number of carbonyl (C=O) groups is 7. The third-order valence-corrected chi connectivity index (χ3v) is 24.0. The van der Waals surface area contributed by atoms with Gasteiger partial charge in [-0.25, -0.2) is 81.4 Å². The molecule has 139 heavy (non-hydrogen) atoms. The van der Waals surface area contributed by atoms with Crippen molar-refractivity contribution in [2.24, 2.45) is 0 Å². The molecule has 0 saturated carbocycles. The first-order valence-electron chi connectivity index (χ1n) is 42.3. The summed E-state index contributed by atoms with van der Waals surface area (Å²) in [6, 6.07) is 52.5. The highest BCUT2D eigenvalue weighted by atomic mass is 79.9. The highest BCUT2D eigenvalue weighted by Crippen LogP contribution is 2.38. The van der Waals surface area contributed by atoms with Crippen molar-refractivity contribution < 1.29 is 84.2 Å². The molecule has 11 aromatic rings. The van der Waals surface area contributed by atoms with E-state index in [2.05, 4.69) is 46.0 Å². The fourth-order valence-corrected chi connectivity index (χ4v) is 16.1. The van der Waals surface area contributed by atoms with E-state index in [4.69, 9.17) is 167 Å². The normalized spacial score (nSPS) is 12.5. The van der Waals surface area contributed by atoms with Gasteiger partial charge in [0, 0.05) is 134 Å². The summed E-state index contributed by atoms with van der Waals surface area (Å²) in [5.74, 6) is -3.90. The molecule has 0 spiro atoms. The van der Waals surface area contributed by atoms with Gasteiger partial charge in [0.05, 0.1) is 60.5 Å². The van der Waals surface area contributed by atoms with Gasteiger partial charge in [0.1, 0.15) is 46.5 Å². The van der Waals surface area contributed by atoms with Gasteiger partial charge < -0.3 is 40.5 Å². The van der Waals surface area contributed by atoms with Crippen molar-refractivity contribution in [2.75, 3.05) is 83.2 Å². The predicted octanol–water partition coefficient (Wildman–Crippen LogP) is 27.2. The number of nitrogen functional groups attached to an aromatic ring is 1. The second-order valence-corrected chi connectivity index (χ2v) is 41.6. The minimum absolute atomic E-state index is 0.0303. The number of Topliss-reactive ketones (excluding diaryl/α,β-unsaturated/α-hetero) is 1. The molecular formula is C98H92AlBrCl13F7N8O11. The van der Waals surface area contributed by atoms with Crippen LogP contribution in [0.3, 0.4) is 0 Å². The van der Waals surface area contributed by atoms with Gasteiger partial charge in [0.25, 0.3) is 11.8 Å². The minimum atomic E-state index is -1.72. The van der Waals surface area contributed by atoms with Gasteiger partial charge in [-0.1, -0.05) is 152 Å². The Kier molecular flexibility index (Phi) is 51.2. The molecule has 0 unspecified atom stereocenters. The molecule has 3 amide bonds. The summed E-state index contributed by atoms with van der Waals surface area (Å²) in [6.45, 7) is 5.58. The number of fused-ring (bicyclic) bond motifs is 5. The number of alkyl halides is 3. The molecule has 0 fully saturated rings. The maximum Gasteiger partial charge on any atom is 0.643 e. The molecule has 0 aliphatic carbocycles. The Balaban J connectivity index is 0.000000217. The SMILES string of the molecule is COC(=O)c1ccc(CBr)cc1.COC(=O)c1ccc(CN2CCCc3cc(F)c(Cl)cc32)cc1.Fc1cc2c(cc1Cl)NCCC2.Nc1ccc(F)c(Cl)c1.O=C(CCCl)Cc1ccc(F)c(Cl)c1.O=C(Cl)CCCl.O=C(NO)c1ccc(CN2CCCc3cc(F)c(Cl)cc32)cc1.O=C(NO)c1ccc(CN2CCCc3cc(F)c(Cl)cc32)cc1.O=C1CCc2cc(F)c(Cl)cc2N1.[Cl][Al]([Cl])[Cl]. The smallest absolute Gasteiger partial charge is 0.465 e. The van der Waals surface area contributed by atoms with E-state index in [9.17, 15) is 64.3 Å². The number of nitrogens with zero attached hydrogens (tertiary/aromatic N) is 3. The molecule has 0 bridgehead atoms. The molecule has 0 saturated heterocycles. The molecule has 740 valence electrons. The molecule has 16 rings (SSSR count). The number of hydroxylamine groups is 2. The van der Waals surface area contributed by atoms with Crippen molar-refractivity contribution in [3.8, 4) is 0 Å². The lowest BCUT2D eigenvalue weighted by molar-refractivity contribution is -0.118. The van der Waals surface area contributed by atoms with Crippen molar-refractivity contribution in [2.45, 2.75) is 108 Å². The molecule has 41 heteroatoms. The van der Waals surface area contributed by atoms with Crippen molar-refractivity contribution in [1.82, 2.24) is 11.0 Å². The van der Waals surface area contributed by atoms with Crippen molar-refractivity contribution in [3.63, 3.8) is 0 Å². The Hall–Kier alpha value is -8.68. The Morgan fingerprint density at radius 1 is 0.417 bits per heavy atom. The van der Waals surface area contributed by atoms with Gasteiger partial charge in [-0.2, -0.15) is 0 Å². The second-order valence-electron chi connectivity index (χ2n) is 30.6. The number of rotatable bonds is 17. The highest BCUT2D eigenvalue weighted by Gasteiger charge is 2.25. The number of anilines is 6. The van der Waals surface area contributed by atoms with Crippen LogP contribution in [0.1, 0.15) is 142 Å². The van der Waals surface area contributed by atoms with E-state index < -0.39 is 40.7 Å². The highest BCUT2D eigenvalue weighted by molar-refractivity contribution is 9.08. The van der Waals surface area contributed by atoms with Crippen molar-refractivity contribution in [1.29, 1.82) is 0 Å². The van der Waals surface area contributed by atoms with Gasteiger partial charge in [-0.3, -0.25) is 34.4 Å². The lowest BCUT2D eigenvalue weighted by Crippen LogP contribution is -2.29. The molecular weight excluding hydrogens is 2170 g/mol. The van der Waals surface area contributed by atoms with Crippen LogP contribution in [0.2, 0.25) is 35.2 Å². The van der Waals surface area contributed by atoms with E-state index in [1.165, 1.54) is 80.9 Å². The van der Waals surface area contributed by atoms with Gasteiger partial charge >= 0.3 is 23.3 Å². The summed E-state index contributed by atoms with van der Waals surface area (Å²) < 4.78 is 101. The van der Waals surface area contributed by atoms with Crippen LogP contribution in [0.15, 0.2) is 194 Å². The largest absolute Gasteiger partial charge is 0.643 e. The van der Waals surface area contributed by atoms with Crippen LogP contribution in [0.5, 0.6) is 0 Å². The number of nitrogens with one attached hydrogen (secondary N) is 4. The van der Waals surface area contributed by atoms with E-state index in [-0.39, 0.29) is 100 Å². The zero-order chi connectivity index (χ0) is 102. The van der Waals surface area contributed by atoms with Gasteiger partial charge in [-0.15, -0.1) is 23.2 Å². The van der Waals surface area contributed by atoms with E-state index >= 15 is 0 Å². The van der Waals surface area contributed by atoms with E-state index in [1.54, 1.807) is 89.8 Å². The first-order chi connectivity index (χ1) is 66.3. The first kappa shape index (κ1) is 117. The van der Waals surface area contributed by atoms with Crippen LogP contribution in [0.25, 0.3) is 0 Å². The van der Waals surface area contributed by atoms with Crippen LogP contribution < -0.4 is 42.0 Å². The standard InChI is InChI=1S/C18H17ClFNO2.2C17H16ClFN2O2.C10H9Cl2FO.C9H9BrO2.C9H7ClFNO.C9H9ClFN.C6H5ClFN.C3H4Cl2O.Al.3ClH/c1-23-18(22)13-6-4-12(5-7-13)11-21-8-2-3-14-9-16(20)15(19)10-17(14)21;2*18-14-9-16-13(8-15(14)19)2-1-7-21(16)10-11-3-5-12(6-4-11)17(22)20-23;11-4-3-8(14)5-7-1-2-10(13)9(12)6-7;1-12-9(11)8-4-2-7(6-10)3-5-8;10-6-4-8-5(3-7(6)11)1-2-9(13)12-8;10-7-5-9-6(4-8(7)11)2-1-3-12-9;7-5-3-4(9)1-2-6(5)8;4-2-1-3(5)6;;;;/h4-7,9-10H,2-3,8,11H2,1H3;2*3-6,8-9,23H,1-2,7,10H2,(H,20,22);1-2,6H,3-5H2;2-5H,6H2,1H3;3-4H,1-2H2,(H,12,13);4-5,12H,1-3H2;1-3H,9H2;1-2H2;;3*1H/q;;;;;;;;;+3;;;/p-3. The number of esters is 2. The molecule has 5 aliphatic rings. The Bertz CT molecular complexity index is 5660. The number of nitrogens with two attached hydrogens (primary N) is 1. The molecule has 11 aromatic carbocycles. The van der Waals surface area contributed by atoms with Crippen LogP contribution in [0, 0.1) is 40.7 Å². The molecule has 8 N–H and O–H groups in total. The number of halogens is 21. The average molecular weight is 2260 g/mol. The number of methoxy groups -OCH3 is 2. The summed E-state index contributed by atoms with van der Waals surface area (Å²) in [4.78, 5) is 83.5. The monoisotopic (exact) mass is 2250 g/mol. The number of carbonyl (C=O) groups excluding carboxylic acids is 7. The number of aryl methyl sites for hydroxylation is 5. The van der Waals surface area contributed by atoms with E-state index in [0.29, 0.717) is 89.8 Å². The van der Waals surface area contributed by atoms with Gasteiger partial charge in [-0.05, 0) is 265 Å². The number of hydrogen-bond donors (Lipinski definition) is 7. The minimum Gasteiger partial charge on any atom is -0.465 e. The number of ether oxygens (including phenoxy) is 2.